The van der Waals surface area contributed by atoms with Gasteiger partial charge in [-0.15, -0.1) is 0 Å². The van der Waals surface area contributed by atoms with E-state index in [-0.39, 0.29) is 34.2 Å². The van der Waals surface area contributed by atoms with Crippen LogP contribution in [0, 0.1) is 11.7 Å². The molecule has 36 heavy (non-hydrogen) atoms. The third-order valence-electron chi connectivity index (χ3n) is 7.02. The first-order valence-electron chi connectivity index (χ1n) is 11.3. The lowest BCUT2D eigenvalue weighted by Crippen LogP contribution is -2.36. The molecular formula is C25H24F4NO5S-. The quantitative estimate of drug-likeness (QED) is 0.505. The SMILES string of the molecule is CC(C(=O)[O-])[C@H]1CC[C@H](O)c2c1n([C@@H](C)c1ccc(C(F)(F)F)cc1)c1c(S(C)(=O)=O)cc(F)cc21. The summed E-state index contributed by atoms with van der Waals surface area (Å²) in [6, 6.07) is 5.47. The number of carboxylic acid groups (broad SMARTS) is 1. The van der Waals surface area contributed by atoms with Gasteiger partial charge in [-0.1, -0.05) is 19.1 Å². The lowest BCUT2D eigenvalue weighted by atomic mass is 9.78. The second-order valence-electron chi connectivity index (χ2n) is 9.34. The fourth-order valence-electron chi connectivity index (χ4n) is 5.20. The van der Waals surface area contributed by atoms with E-state index in [1.807, 2.05) is 0 Å². The maximum atomic E-state index is 14.6. The molecule has 0 radical (unpaired) electrons. The third-order valence-corrected chi connectivity index (χ3v) is 8.13. The van der Waals surface area contributed by atoms with Crippen molar-refractivity contribution in [2.75, 3.05) is 6.26 Å². The Labute approximate surface area is 205 Å². The van der Waals surface area contributed by atoms with Crippen molar-refractivity contribution in [1.29, 1.82) is 0 Å². The molecule has 1 aromatic heterocycles. The fraction of sp³-hybridized carbons (Fsp3) is 0.400. The molecule has 0 amide bonds. The highest BCUT2D eigenvalue weighted by Gasteiger charge is 2.39. The molecule has 6 nitrogen and oxygen atoms in total. The topological polar surface area (TPSA) is 99.4 Å². The van der Waals surface area contributed by atoms with E-state index >= 15 is 0 Å². The minimum Gasteiger partial charge on any atom is -0.550 e. The molecule has 1 heterocycles. The van der Waals surface area contributed by atoms with Crippen LogP contribution < -0.4 is 5.11 Å². The molecular weight excluding hydrogens is 502 g/mol. The van der Waals surface area contributed by atoms with Gasteiger partial charge in [-0.25, -0.2) is 12.8 Å². The number of aliphatic hydroxyl groups excluding tert-OH is 1. The number of hydrogen-bond donors (Lipinski definition) is 1. The minimum atomic E-state index is -4.55. The highest BCUT2D eigenvalue weighted by atomic mass is 32.2. The van der Waals surface area contributed by atoms with E-state index in [4.69, 9.17) is 0 Å². The number of benzene rings is 2. The smallest absolute Gasteiger partial charge is 0.416 e. The van der Waals surface area contributed by atoms with Gasteiger partial charge in [0.2, 0.25) is 0 Å². The van der Waals surface area contributed by atoms with E-state index in [0.29, 0.717) is 11.3 Å². The molecule has 3 aromatic rings. The Balaban J connectivity index is 2.10. The predicted octanol–water partition coefficient (Wildman–Crippen LogP) is 4.11. The Morgan fingerprint density at radius 3 is 2.28 bits per heavy atom. The van der Waals surface area contributed by atoms with E-state index in [1.54, 1.807) is 6.92 Å². The molecule has 0 saturated carbocycles. The van der Waals surface area contributed by atoms with Gasteiger partial charge in [0.15, 0.2) is 9.84 Å². The van der Waals surface area contributed by atoms with Crippen molar-refractivity contribution < 1.29 is 41.0 Å². The molecule has 0 saturated heterocycles. The van der Waals surface area contributed by atoms with Gasteiger partial charge in [-0.05, 0) is 49.6 Å². The average molecular weight is 527 g/mol. The van der Waals surface area contributed by atoms with Crippen molar-refractivity contribution in [3.05, 3.63) is 64.6 Å². The molecule has 0 bridgehead atoms. The molecule has 11 heteroatoms. The number of carbonyl (C=O) groups excluding carboxylic acids is 1. The van der Waals surface area contributed by atoms with Crippen molar-refractivity contribution in [3.63, 3.8) is 0 Å². The summed E-state index contributed by atoms with van der Waals surface area (Å²) in [5, 5.41) is 22.8. The standard InChI is InChI=1S/C25H25F4NO5S/c1-12(24(32)33)17-8-9-19(31)21-18-10-16(26)11-20(36(3,34)35)22(18)30(23(17)21)13(2)14-4-6-15(7-5-14)25(27,28)29/h4-7,10-13,17,19,31H,8-9H2,1-3H3,(H,32,33)/p-1/t12?,13-,17+,19-/m0/s1. The molecule has 4 atom stereocenters. The van der Waals surface area contributed by atoms with Crippen LogP contribution in [0.2, 0.25) is 0 Å². The zero-order valence-electron chi connectivity index (χ0n) is 19.6. The molecule has 0 fully saturated rings. The van der Waals surface area contributed by atoms with Gasteiger partial charge in [0.1, 0.15) is 5.82 Å². The molecule has 1 aliphatic carbocycles. The maximum Gasteiger partial charge on any atom is 0.416 e. The Hall–Kier alpha value is -2.92. The predicted molar refractivity (Wildman–Crippen MR) is 121 cm³/mol. The highest BCUT2D eigenvalue weighted by Crippen LogP contribution is 2.49. The van der Waals surface area contributed by atoms with E-state index in [0.717, 1.165) is 30.5 Å². The summed E-state index contributed by atoms with van der Waals surface area (Å²) >= 11 is 0. The molecule has 4 rings (SSSR count). The van der Waals surface area contributed by atoms with Crippen LogP contribution in [0.5, 0.6) is 0 Å². The number of fused-ring (bicyclic) bond motifs is 3. The zero-order valence-corrected chi connectivity index (χ0v) is 20.5. The summed E-state index contributed by atoms with van der Waals surface area (Å²) in [5.74, 6) is -3.96. The van der Waals surface area contributed by atoms with Crippen LogP contribution in [0.3, 0.4) is 0 Å². The lowest BCUT2D eigenvalue weighted by molar-refractivity contribution is -0.311. The molecule has 1 aliphatic rings. The van der Waals surface area contributed by atoms with Crippen LogP contribution in [-0.4, -0.2) is 30.3 Å². The monoisotopic (exact) mass is 526 g/mol. The number of aromatic nitrogens is 1. The Bertz CT molecular complexity index is 1440. The molecule has 0 aliphatic heterocycles. The molecule has 1 N–H and O–H groups in total. The van der Waals surface area contributed by atoms with Gasteiger partial charge < -0.3 is 19.6 Å². The van der Waals surface area contributed by atoms with Gasteiger partial charge >= 0.3 is 6.18 Å². The summed E-state index contributed by atoms with van der Waals surface area (Å²) in [4.78, 5) is 11.5. The number of rotatable bonds is 5. The van der Waals surface area contributed by atoms with Crippen LogP contribution in [0.15, 0.2) is 41.3 Å². The zero-order chi connectivity index (χ0) is 26.7. The van der Waals surface area contributed by atoms with Crippen LogP contribution in [0.25, 0.3) is 10.9 Å². The minimum absolute atomic E-state index is 0.0628. The van der Waals surface area contributed by atoms with Gasteiger partial charge in [0.25, 0.3) is 0 Å². The number of aliphatic hydroxyl groups is 1. The largest absolute Gasteiger partial charge is 0.550 e. The first-order chi connectivity index (χ1) is 16.6. The highest BCUT2D eigenvalue weighted by molar-refractivity contribution is 7.91. The number of sulfone groups is 1. The summed E-state index contributed by atoms with van der Waals surface area (Å²) in [6.07, 6.45) is -4.38. The van der Waals surface area contributed by atoms with Crippen molar-refractivity contribution in [1.82, 2.24) is 4.57 Å². The van der Waals surface area contributed by atoms with Crippen molar-refractivity contribution in [2.45, 2.75) is 55.8 Å². The number of carboxylic acids is 1. The molecule has 1 unspecified atom stereocenters. The first kappa shape index (κ1) is 26.2. The first-order valence-corrected chi connectivity index (χ1v) is 13.2. The van der Waals surface area contributed by atoms with Gasteiger partial charge in [-0.2, -0.15) is 13.2 Å². The number of hydrogen-bond acceptors (Lipinski definition) is 5. The van der Waals surface area contributed by atoms with Gasteiger partial charge in [-0.3, -0.25) is 0 Å². The molecule has 194 valence electrons. The number of carbonyl (C=O) groups is 1. The summed E-state index contributed by atoms with van der Waals surface area (Å²) in [7, 11) is -4.01. The van der Waals surface area contributed by atoms with E-state index in [2.05, 4.69) is 0 Å². The second kappa shape index (κ2) is 8.88. The summed E-state index contributed by atoms with van der Waals surface area (Å²) < 4.78 is 80.9. The van der Waals surface area contributed by atoms with E-state index in [9.17, 15) is 41.0 Å². The van der Waals surface area contributed by atoms with Crippen molar-refractivity contribution >= 4 is 26.7 Å². The number of nitrogens with zero attached hydrogens (tertiary/aromatic N) is 1. The Morgan fingerprint density at radius 1 is 1.14 bits per heavy atom. The van der Waals surface area contributed by atoms with E-state index in [1.165, 1.54) is 23.6 Å². The average Bonchev–Trinajstić information content (AvgIpc) is 3.12. The van der Waals surface area contributed by atoms with Crippen LogP contribution in [-0.2, 0) is 20.8 Å². The summed E-state index contributed by atoms with van der Waals surface area (Å²) in [6.45, 7) is 3.06. The maximum absolute atomic E-state index is 14.6. The third kappa shape index (κ3) is 4.39. The normalized spacial score (nSPS) is 20.2. The number of halogens is 4. The number of alkyl halides is 3. The molecule has 2 aromatic carbocycles. The van der Waals surface area contributed by atoms with Crippen molar-refractivity contribution in [2.24, 2.45) is 5.92 Å². The van der Waals surface area contributed by atoms with Crippen LogP contribution in [0.4, 0.5) is 17.6 Å². The van der Waals surface area contributed by atoms with Gasteiger partial charge in [0.05, 0.1) is 28.1 Å². The Morgan fingerprint density at radius 2 is 1.75 bits per heavy atom. The summed E-state index contributed by atoms with van der Waals surface area (Å²) in [5.41, 5.74) is 0.107. The van der Waals surface area contributed by atoms with E-state index < -0.39 is 57.3 Å². The lowest BCUT2D eigenvalue weighted by Gasteiger charge is -2.34. The molecule has 0 spiro atoms. The van der Waals surface area contributed by atoms with Crippen molar-refractivity contribution in [3.8, 4) is 0 Å². The van der Waals surface area contributed by atoms with Crippen LogP contribution in [0.1, 0.15) is 67.1 Å². The second-order valence-corrected chi connectivity index (χ2v) is 11.3. The van der Waals surface area contributed by atoms with Gasteiger partial charge in [0, 0.05) is 40.7 Å². The fourth-order valence-corrected chi connectivity index (χ4v) is 6.09. The van der Waals surface area contributed by atoms with Crippen LogP contribution >= 0.6 is 0 Å². The number of aliphatic carboxylic acids is 1. The Kier molecular flexibility index (Phi) is 6.45.